The molecule has 1 aromatic carbocycles. The summed E-state index contributed by atoms with van der Waals surface area (Å²) in [7, 11) is 4.17. The van der Waals surface area contributed by atoms with Gasteiger partial charge in [0.2, 0.25) is 0 Å². The Bertz CT molecular complexity index is 487. The lowest BCUT2D eigenvalue weighted by Crippen LogP contribution is -2.46. The van der Waals surface area contributed by atoms with Crippen LogP contribution in [-0.4, -0.2) is 38.1 Å². The molecule has 0 aromatic heterocycles. The van der Waals surface area contributed by atoms with E-state index in [9.17, 15) is 0 Å². The monoisotopic (exact) mass is 298 g/mol. The van der Waals surface area contributed by atoms with Crippen LogP contribution in [-0.2, 0) is 0 Å². The number of hydrogen-bond donors (Lipinski definition) is 0. The van der Waals surface area contributed by atoms with Crippen LogP contribution in [0.4, 0.5) is 5.69 Å². The molecule has 1 heterocycles. The molecule has 0 spiro atoms. The van der Waals surface area contributed by atoms with Gasteiger partial charge in [-0.25, -0.2) is 0 Å². The second kappa shape index (κ2) is 7.32. The number of hydrogen-bond acceptors (Lipinski definition) is 2. The van der Waals surface area contributed by atoms with Crippen molar-refractivity contribution in [1.82, 2.24) is 4.90 Å². The van der Waals surface area contributed by atoms with Crippen molar-refractivity contribution in [3.8, 4) is 0 Å². The van der Waals surface area contributed by atoms with Crippen LogP contribution < -0.4 is 4.90 Å². The van der Waals surface area contributed by atoms with E-state index in [1.165, 1.54) is 56.3 Å². The van der Waals surface area contributed by atoms with Crippen molar-refractivity contribution in [2.45, 2.75) is 44.6 Å². The lowest BCUT2D eigenvalue weighted by Gasteiger charge is -2.43. The Hall–Kier alpha value is -1.28. The summed E-state index contributed by atoms with van der Waals surface area (Å²) in [4.78, 5) is 4.88. The largest absolute Gasteiger partial charge is 0.378 e. The van der Waals surface area contributed by atoms with Gasteiger partial charge in [0.05, 0.1) is 0 Å². The smallest absolute Gasteiger partial charge is 0.0361 e. The van der Waals surface area contributed by atoms with Crippen molar-refractivity contribution >= 4 is 11.8 Å². The van der Waals surface area contributed by atoms with Crippen LogP contribution >= 0.6 is 0 Å². The third kappa shape index (κ3) is 3.73. The van der Waals surface area contributed by atoms with Crippen LogP contribution in [0.5, 0.6) is 0 Å². The maximum Gasteiger partial charge on any atom is 0.0361 e. The van der Waals surface area contributed by atoms with Gasteiger partial charge >= 0.3 is 0 Å². The third-order valence-electron chi connectivity index (χ3n) is 5.42. The van der Waals surface area contributed by atoms with Crippen molar-refractivity contribution in [2.75, 3.05) is 32.1 Å². The van der Waals surface area contributed by atoms with E-state index in [4.69, 9.17) is 0 Å². The molecular weight excluding hydrogens is 268 g/mol. The molecule has 3 rings (SSSR count). The van der Waals surface area contributed by atoms with E-state index in [0.717, 1.165) is 18.5 Å². The molecular formula is C20H30N2. The molecule has 2 atom stereocenters. The van der Waals surface area contributed by atoms with Crippen molar-refractivity contribution in [3.05, 3.63) is 35.9 Å². The zero-order valence-electron chi connectivity index (χ0n) is 14.2. The molecule has 0 radical (unpaired) electrons. The summed E-state index contributed by atoms with van der Waals surface area (Å²) in [5.41, 5.74) is 2.57. The lowest BCUT2D eigenvalue weighted by molar-refractivity contribution is 0.0713. The Balaban J connectivity index is 1.56. The van der Waals surface area contributed by atoms with E-state index in [2.05, 4.69) is 60.3 Å². The molecule has 1 saturated carbocycles. The van der Waals surface area contributed by atoms with Crippen LogP contribution in [0.1, 0.15) is 44.1 Å². The standard InChI is InChI=1S/C20H30N2/c1-21(2)19-13-11-17(12-14-19)7-5-15-22-16-6-9-18-8-3-4-10-20(18)22/h5,7,11-14,18,20H,3-4,6,8-10,15-16H2,1-2H3/b7-5+/t18-,20-/m1/s1. The molecule has 2 aliphatic rings. The van der Waals surface area contributed by atoms with E-state index in [1.54, 1.807) is 0 Å². The van der Waals surface area contributed by atoms with E-state index in [1.807, 2.05) is 0 Å². The summed E-state index contributed by atoms with van der Waals surface area (Å²) >= 11 is 0. The summed E-state index contributed by atoms with van der Waals surface area (Å²) in [5, 5.41) is 0. The highest BCUT2D eigenvalue weighted by Crippen LogP contribution is 2.35. The van der Waals surface area contributed by atoms with Crippen molar-refractivity contribution < 1.29 is 0 Å². The highest BCUT2D eigenvalue weighted by molar-refractivity contribution is 5.55. The van der Waals surface area contributed by atoms with E-state index in [-0.39, 0.29) is 0 Å². The fourth-order valence-electron chi connectivity index (χ4n) is 4.16. The average molecular weight is 298 g/mol. The molecule has 0 N–H and O–H groups in total. The fourth-order valence-corrected chi connectivity index (χ4v) is 4.16. The number of nitrogens with zero attached hydrogens (tertiary/aromatic N) is 2. The van der Waals surface area contributed by atoms with Gasteiger partial charge in [-0.05, 0) is 55.8 Å². The first-order valence-corrected chi connectivity index (χ1v) is 8.92. The molecule has 22 heavy (non-hydrogen) atoms. The Morgan fingerprint density at radius 1 is 1.05 bits per heavy atom. The number of benzene rings is 1. The molecule has 2 nitrogen and oxygen atoms in total. The maximum atomic E-state index is 2.73. The molecule has 1 saturated heterocycles. The molecule has 1 aromatic rings. The first kappa shape index (κ1) is 15.6. The number of anilines is 1. The molecule has 120 valence electrons. The van der Waals surface area contributed by atoms with Crippen molar-refractivity contribution in [1.29, 1.82) is 0 Å². The Morgan fingerprint density at radius 3 is 2.55 bits per heavy atom. The molecule has 1 aliphatic heterocycles. The second-order valence-corrected chi connectivity index (χ2v) is 7.14. The minimum absolute atomic E-state index is 0.864. The van der Waals surface area contributed by atoms with Gasteiger partial charge < -0.3 is 4.90 Å². The van der Waals surface area contributed by atoms with Gasteiger partial charge in [0.25, 0.3) is 0 Å². The maximum absolute atomic E-state index is 2.73. The zero-order valence-corrected chi connectivity index (χ0v) is 14.2. The quantitative estimate of drug-likeness (QED) is 0.812. The minimum Gasteiger partial charge on any atom is -0.378 e. The van der Waals surface area contributed by atoms with Gasteiger partial charge in [-0.15, -0.1) is 0 Å². The summed E-state index contributed by atoms with van der Waals surface area (Å²) in [6.45, 7) is 2.42. The van der Waals surface area contributed by atoms with Crippen molar-refractivity contribution in [2.24, 2.45) is 5.92 Å². The first-order valence-electron chi connectivity index (χ1n) is 8.92. The third-order valence-corrected chi connectivity index (χ3v) is 5.42. The predicted octanol–water partition coefficient (Wildman–Crippen LogP) is 4.42. The second-order valence-electron chi connectivity index (χ2n) is 7.14. The highest BCUT2D eigenvalue weighted by Gasteiger charge is 2.32. The van der Waals surface area contributed by atoms with E-state index in [0.29, 0.717) is 0 Å². The van der Waals surface area contributed by atoms with Crippen LogP contribution in [0, 0.1) is 5.92 Å². The van der Waals surface area contributed by atoms with Crippen LogP contribution in [0.15, 0.2) is 30.3 Å². The van der Waals surface area contributed by atoms with E-state index < -0.39 is 0 Å². The zero-order chi connectivity index (χ0) is 15.4. The summed E-state index contributed by atoms with van der Waals surface area (Å²) in [6.07, 6.45) is 13.3. The van der Waals surface area contributed by atoms with Crippen LogP contribution in [0.2, 0.25) is 0 Å². The number of piperidine rings is 1. The summed E-state index contributed by atoms with van der Waals surface area (Å²) < 4.78 is 0. The minimum atomic E-state index is 0.864. The predicted molar refractivity (Wildman–Crippen MR) is 96.4 cm³/mol. The van der Waals surface area contributed by atoms with Gasteiger partial charge in [0, 0.05) is 32.4 Å². The van der Waals surface area contributed by atoms with Gasteiger partial charge in [-0.3, -0.25) is 4.90 Å². The lowest BCUT2D eigenvalue weighted by atomic mass is 9.78. The molecule has 2 fully saturated rings. The van der Waals surface area contributed by atoms with Gasteiger partial charge in [0.15, 0.2) is 0 Å². The van der Waals surface area contributed by atoms with Gasteiger partial charge in [-0.2, -0.15) is 0 Å². The molecule has 0 amide bonds. The Labute approximate surface area is 135 Å². The molecule has 0 bridgehead atoms. The topological polar surface area (TPSA) is 6.48 Å². The van der Waals surface area contributed by atoms with Crippen LogP contribution in [0.3, 0.4) is 0 Å². The molecule has 0 unspecified atom stereocenters. The van der Waals surface area contributed by atoms with Crippen LogP contribution in [0.25, 0.3) is 6.08 Å². The van der Waals surface area contributed by atoms with Gasteiger partial charge in [-0.1, -0.05) is 37.1 Å². The molecule has 2 heteroatoms. The average Bonchev–Trinajstić information content (AvgIpc) is 2.55. The SMILES string of the molecule is CN(C)c1ccc(/C=C/CN2CCC[C@H]3CCCC[C@H]32)cc1. The van der Waals surface area contributed by atoms with Gasteiger partial charge in [0.1, 0.15) is 0 Å². The van der Waals surface area contributed by atoms with Crippen molar-refractivity contribution in [3.63, 3.8) is 0 Å². The Kier molecular flexibility index (Phi) is 5.20. The fraction of sp³-hybridized carbons (Fsp3) is 0.600. The number of rotatable bonds is 4. The number of fused-ring (bicyclic) bond motifs is 1. The first-order chi connectivity index (χ1) is 10.7. The normalized spacial score (nSPS) is 26.1. The number of likely N-dealkylation sites (tertiary alicyclic amines) is 1. The summed E-state index contributed by atoms with van der Waals surface area (Å²) in [5.74, 6) is 0.982. The highest BCUT2D eigenvalue weighted by atomic mass is 15.2. The Morgan fingerprint density at radius 2 is 1.77 bits per heavy atom. The summed E-state index contributed by atoms with van der Waals surface area (Å²) in [6, 6.07) is 9.68. The van der Waals surface area contributed by atoms with E-state index >= 15 is 0 Å². The molecule has 1 aliphatic carbocycles.